The molecular formula is C10H14ClF3O. The van der Waals surface area contributed by atoms with Crippen molar-refractivity contribution in [3.63, 3.8) is 0 Å². The van der Waals surface area contributed by atoms with Gasteiger partial charge >= 0.3 is 6.18 Å². The van der Waals surface area contributed by atoms with Gasteiger partial charge in [0.25, 0.3) is 0 Å². The van der Waals surface area contributed by atoms with Crippen LogP contribution in [-0.4, -0.2) is 17.8 Å². The van der Waals surface area contributed by atoms with E-state index in [1.807, 2.05) is 0 Å². The Balaban J connectivity index is 2.64. The third kappa shape index (κ3) is 3.67. The summed E-state index contributed by atoms with van der Waals surface area (Å²) in [5.41, 5.74) is 0. The molecule has 0 aliphatic heterocycles. The Kier molecular flexibility index (Phi) is 4.44. The molecule has 0 aromatic rings. The van der Waals surface area contributed by atoms with Gasteiger partial charge in [0.15, 0.2) is 0 Å². The largest absolute Gasteiger partial charge is 0.392 e. The zero-order valence-corrected chi connectivity index (χ0v) is 9.07. The van der Waals surface area contributed by atoms with Gasteiger partial charge in [-0.25, -0.2) is 0 Å². The Labute approximate surface area is 92.0 Å². The molecule has 0 saturated heterocycles. The molecule has 0 bridgehead atoms. The molecule has 0 aromatic heterocycles. The van der Waals surface area contributed by atoms with Gasteiger partial charge in [0.05, 0.1) is 11.8 Å². The summed E-state index contributed by atoms with van der Waals surface area (Å²) < 4.78 is 38.0. The molecule has 88 valence electrons. The maximum absolute atomic E-state index is 12.7. The summed E-state index contributed by atoms with van der Waals surface area (Å²) in [5.74, 6) is -2.69. The Morgan fingerprint density at radius 2 is 1.87 bits per heavy atom. The molecule has 1 aliphatic rings. The molecule has 1 atom stereocenters. The normalized spacial score (nSPS) is 20.5. The predicted molar refractivity (Wildman–Crippen MR) is 51.8 cm³/mol. The van der Waals surface area contributed by atoms with Gasteiger partial charge in [0.2, 0.25) is 0 Å². The van der Waals surface area contributed by atoms with Crippen LogP contribution in [0.3, 0.4) is 0 Å². The smallest absolute Gasteiger partial charge is 0.298 e. The van der Waals surface area contributed by atoms with E-state index >= 15 is 0 Å². The maximum Gasteiger partial charge on any atom is 0.392 e. The highest BCUT2D eigenvalue weighted by Crippen LogP contribution is 2.42. The first kappa shape index (κ1) is 12.8. The van der Waals surface area contributed by atoms with Crippen molar-refractivity contribution in [2.24, 2.45) is 11.8 Å². The van der Waals surface area contributed by atoms with Crippen LogP contribution in [-0.2, 0) is 4.79 Å². The molecule has 0 aromatic carbocycles. The van der Waals surface area contributed by atoms with Crippen molar-refractivity contribution >= 4 is 17.4 Å². The minimum atomic E-state index is -4.27. The number of halogens is 4. The molecule has 1 rings (SSSR count). The van der Waals surface area contributed by atoms with Crippen molar-refractivity contribution < 1.29 is 18.0 Å². The number of carbonyl (C=O) groups excluding carboxylic acids is 1. The van der Waals surface area contributed by atoms with E-state index in [4.69, 9.17) is 11.6 Å². The van der Waals surface area contributed by atoms with Crippen LogP contribution >= 0.6 is 11.6 Å². The molecule has 0 heterocycles. The van der Waals surface area contributed by atoms with Crippen molar-refractivity contribution in [1.29, 1.82) is 0 Å². The third-order valence-electron chi connectivity index (χ3n) is 2.99. The van der Waals surface area contributed by atoms with E-state index < -0.39 is 24.3 Å². The fourth-order valence-corrected chi connectivity index (χ4v) is 2.32. The summed E-state index contributed by atoms with van der Waals surface area (Å²) >= 11 is 5.24. The molecule has 0 amide bonds. The van der Waals surface area contributed by atoms with Crippen LogP contribution in [0.5, 0.6) is 0 Å². The number of ketones is 1. The van der Waals surface area contributed by atoms with Crippen molar-refractivity contribution in [3.8, 4) is 0 Å². The lowest BCUT2D eigenvalue weighted by molar-refractivity contribution is -0.191. The molecule has 0 spiro atoms. The highest BCUT2D eigenvalue weighted by molar-refractivity contribution is 6.27. The molecule has 1 aliphatic carbocycles. The van der Waals surface area contributed by atoms with Gasteiger partial charge in [-0.1, -0.05) is 12.8 Å². The van der Waals surface area contributed by atoms with E-state index in [0.717, 1.165) is 12.8 Å². The number of hydrogen-bond donors (Lipinski definition) is 0. The second-order valence-corrected chi connectivity index (χ2v) is 4.34. The van der Waals surface area contributed by atoms with E-state index in [9.17, 15) is 18.0 Å². The summed E-state index contributed by atoms with van der Waals surface area (Å²) in [7, 11) is 0. The Bertz CT molecular complexity index is 221. The highest BCUT2D eigenvalue weighted by atomic mass is 35.5. The lowest BCUT2D eigenvalue weighted by atomic mass is 9.86. The minimum Gasteiger partial charge on any atom is -0.298 e. The SMILES string of the molecule is O=C(CCl)CC(C1CCCC1)C(F)(F)F. The summed E-state index contributed by atoms with van der Waals surface area (Å²) in [6.45, 7) is 0. The van der Waals surface area contributed by atoms with Gasteiger partial charge in [-0.3, -0.25) is 4.79 Å². The average molecular weight is 243 g/mol. The van der Waals surface area contributed by atoms with Gasteiger partial charge in [-0.2, -0.15) is 13.2 Å². The molecule has 15 heavy (non-hydrogen) atoms. The quantitative estimate of drug-likeness (QED) is 0.689. The molecule has 1 unspecified atom stereocenters. The predicted octanol–water partition coefficient (Wildman–Crippen LogP) is 3.55. The van der Waals surface area contributed by atoms with Crippen molar-refractivity contribution in [1.82, 2.24) is 0 Å². The molecule has 1 nitrogen and oxygen atoms in total. The Hall–Kier alpha value is -0.250. The minimum absolute atomic E-state index is 0.320. The van der Waals surface area contributed by atoms with E-state index in [1.165, 1.54) is 0 Å². The second kappa shape index (κ2) is 5.19. The Morgan fingerprint density at radius 1 is 1.33 bits per heavy atom. The van der Waals surface area contributed by atoms with E-state index in [-0.39, 0.29) is 11.8 Å². The van der Waals surface area contributed by atoms with Crippen molar-refractivity contribution in [2.45, 2.75) is 38.3 Å². The number of Topliss-reactive ketones (excluding diaryl/α,β-unsaturated/α-hetero) is 1. The number of carbonyl (C=O) groups is 1. The third-order valence-corrected chi connectivity index (χ3v) is 3.28. The number of hydrogen-bond acceptors (Lipinski definition) is 1. The lowest BCUT2D eigenvalue weighted by Crippen LogP contribution is -2.31. The number of rotatable bonds is 4. The number of alkyl halides is 4. The molecule has 5 heteroatoms. The van der Waals surface area contributed by atoms with Gasteiger partial charge < -0.3 is 0 Å². The first-order valence-electron chi connectivity index (χ1n) is 5.09. The van der Waals surface area contributed by atoms with Gasteiger partial charge in [0.1, 0.15) is 5.78 Å². The molecule has 0 N–H and O–H groups in total. The standard InChI is InChI=1S/C10H14ClF3O/c11-6-8(15)5-9(10(12,13)14)7-3-1-2-4-7/h7,9H,1-6H2. The Morgan fingerprint density at radius 3 is 2.27 bits per heavy atom. The van der Waals surface area contributed by atoms with E-state index in [2.05, 4.69) is 0 Å². The molecular weight excluding hydrogens is 229 g/mol. The first-order valence-corrected chi connectivity index (χ1v) is 5.63. The summed E-state index contributed by atoms with van der Waals surface area (Å²) in [5, 5.41) is 0. The fourth-order valence-electron chi connectivity index (χ4n) is 2.21. The van der Waals surface area contributed by atoms with Crippen LogP contribution < -0.4 is 0 Å². The highest BCUT2D eigenvalue weighted by Gasteiger charge is 2.45. The monoisotopic (exact) mass is 242 g/mol. The summed E-state index contributed by atoms with van der Waals surface area (Å²) in [6.07, 6.45) is -1.87. The van der Waals surface area contributed by atoms with Gasteiger partial charge in [-0.05, 0) is 18.8 Å². The van der Waals surface area contributed by atoms with E-state index in [1.54, 1.807) is 0 Å². The van der Waals surface area contributed by atoms with Crippen LogP contribution in [0.4, 0.5) is 13.2 Å². The summed E-state index contributed by atoms with van der Waals surface area (Å²) in [6, 6.07) is 0. The van der Waals surface area contributed by atoms with E-state index in [0.29, 0.717) is 12.8 Å². The van der Waals surface area contributed by atoms with Gasteiger partial charge in [-0.15, -0.1) is 11.6 Å². The first-order chi connectivity index (χ1) is 6.95. The fraction of sp³-hybridized carbons (Fsp3) is 0.900. The zero-order valence-electron chi connectivity index (χ0n) is 8.32. The molecule has 0 radical (unpaired) electrons. The van der Waals surface area contributed by atoms with Crippen LogP contribution in [0.25, 0.3) is 0 Å². The second-order valence-electron chi connectivity index (χ2n) is 4.07. The van der Waals surface area contributed by atoms with Crippen LogP contribution in [0.2, 0.25) is 0 Å². The van der Waals surface area contributed by atoms with Gasteiger partial charge in [0, 0.05) is 6.42 Å². The van der Waals surface area contributed by atoms with Crippen LogP contribution in [0.15, 0.2) is 0 Å². The maximum atomic E-state index is 12.7. The molecule has 1 saturated carbocycles. The summed E-state index contributed by atoms with van der Waals surface area (Å²) in [4.78, 5) is 11.0. The topological polar surface area (TPSA) is 17.1 Å². The average Bonchev–Trinajstić information content (AvgIpc) is 2.64. The zero-order chi connectivity index (χ0) is 11.5. The lowest BCUT2D eigenvalue weighted by Gasteiger charge is -2.25. The van der Waals surface area contributed by atoms with Crippen molar-refractivity contribution in [2.75, 3.05) is 5.88 Å². The molecule has 1 fully saturated rings. The van der Waals surface area contributed by atoms with Crippen LogP contribution in [0, 0.1) is 11.8 Å². The van der Waals surface area contributed by atoms with Crippen LogP contribution in [0.1, 0.15) is 32.1 Å². The van der Waals surface area contributed by atoms with Crippen molar-refractivity contribution in [3.05, 3.63) is 0 Å².